The van der Waals surface area contributed by atoms with Crippen LogP contribution in [-0.4, -0.2) is 62.9 Å². The number of hydrogen-bond donors (Lipinski definition) is 1. The fourth-order valence-corrected chi connectivity index (χ4v) is 3.57. The molecule has 0 atom stereocenters. The molecule has 1 N–H and O–H groups in total. The standard InChI is InChI=1S/C12H17BrN2O4S/c1-14(2)6-7-15(3)20(18,19)11-8-9(12(16)17)4-5-10(11)13/h4-5,8H,6-7H2,1-3H3,(H,16,17). The summed E-state index contributed by atoms with van der Waals surface area (Å²) in [5.74, 6) is -1.16. The van der Waals surface area contributed by atoms with Crippen molar-refractivity contribution in [2.45, 2.75) is 4.90 Å². The van der Waals surface area contributed by atoms with Crippen LogP contribution in [0.15, 0.2) is 27.6 Å². The zero-order chi connectivity index (χ0) is 15.5. The number of carboxylic acid groups (broad SMARTS) is 1. The lowest BCUT2D eigenvalue weighted by Gasteiger charge is -2.20. The smallest absolute Gasteiger partial charge is 0.335 e. The number of likely N-dealkylation sites (N-methyl/N-ethyl adjacent to an activating group) is 2. The molecule has 0 spiro atoms. The maximum absolute atomic E-state index is 12.4. The SMILES string of the molecule is CN(C)CCN(C)S(=O)(=O)c1cc(C(=O)O)ccc1Br. The normalized spacial score (nSPS) is 12.1. The molecule has 20 heavy (non-hydrogen) atoms. The van der Waals surface area contributed by atoms with E-state index in [-0.39, 0.29) is 10.5 Å². The Labute approximate surface area is 127 Å². The summed E-state index contributed by atoms with van der Waals surface area (Å²) in [4.78, 5) is 12.8. The van der Waals surface area contributed by atoms with Crippen LogP contribution in [-0.2, 0) is 10.0 Å². The van der Waals surface area contributed by atoms with Crippen molar-refractivity contribution in [2.75, 3.05) is 34.2 Å². The Hall–Kier alpha value is -0.960. The third kappa shape index (κ3) is 4.02. The van der Waals surface area contributed by atoms with Crippen LogP contribution >= 0.6 is 15.9 Å². The highest BCUT2D eigenvalue weighted by atomic mass is 79.9. The molecule has 0 saturated carbocycles. The van der Waals surface area contributed by atoms with Crippen LogP contribution < -0.4 is 0 Å². The van der Waals surface area contributed by atoms with E-state index in [0.717, 1.165) is 6.07 Å². The number of sulfonamides is 1. The Kier molecular flexibility index (Phi) is 5.69. The lowest BCUT2D eigenvalue weighted by atomic mass is 10.2. The molecule has 8 heteroatoms. The maximum atomic E-state index is 12.4. The van der Waals surface area contributed by atoms with Gasteiger partial charge in [-0.25, -0.2) is 13.2 Å². The van der Waals surface area contributed by atoms with Crippen molar-refractivity contribution in [1.82, 2.24) is 9.21 Å². The number of hydrogen-bond acceptors (Lipinski definition) is 4. The van der Waals surface area contributed by atoms with Gasteiger partial charge in [-0.1, -0.05) is 0 Å². The average molecular weight is 365 g/mol. The minimum Gasteiger partial charge on any atom is -0.478 e. The molecule has 0 amide bonds. The van der Waals surface area contributed by atoms with Crippen molar-refractivity contribution in [3.8, 4) is 0 Å². The number of rotatable bonds is 6. The van der Waals surface area contributed by atoms with Gasteiger partial charge in [-0.05, 0) is 48.2 Å². The second kappa shape index (κ2) is 6.66. The molecule has 112 valence electrons. The minimum absolute atomic E-state index is 0.0429. The van der Waals surface area contributed by atoms with Crippen molar-refractivity contribution in [2.24, 2.45) is 0 Å². The van der Waals surface area contributed by atoms with Gasteiger partial charge in [0.1, 0.15) is 0 Å². The summed E-state index contributed by atoms with van der Waals surface area (Å²) in [5.41, 5.74) is -0.0622. The number of aromatic carboxylic acids is 1. The summed E-state index contributed by atoms with van der Waals surface area (Å²) >= 11 is 3.15. The first-order valence-corrected chi connectivity index (χ1v) is 8.03. The second-order valence-corrected chi connectivity index (χ2v) is 7.45. The number of benzene rings is 1. The van der Waals surface area contributed by atoms with Crippen molar-refractivity contribution in [1.29, 1.82) is 0 Å². The fourth-order valence-electron chi connectivity index (χ4n) is 1.46. The van der Waals surface area contributed by atoms with Crippen molar-refractivity contribution in [3.63, 3.8) is 0 Å². The van der Waals surface area contributed by atoms with E-state index in [1.165, 1.54) is 23.5 Å². The Balaban J connectivity index is 3.14. The molecule has 1 aromatic rings. The van der Waals surface area contributed by atoms with Gasteiger partial charge in [-0.3, -0.25) is 0 Å². The van der Waals surface area contributed by atoms with Crippen LogP contribution in [0.5, 0.6) is 0 Å². The average Bonchev–Trinajstić information content (AvgIpc) is 2.35. The van der Waals surface area contributed by atoms with E-state index >= 15 is 0 Å². The van der Waals surface area contributed by atoms with Crippen LogP contribution in [0.2, 0.25) is 0 Å². The molecule has 0 radical (unpaired) electrons. The maximum Gasteiger partial charge on any atom is 0.335 e. The molecule has 0 fully saturated rings. The van der Waals surface area contributed by atoms with Gasteiger partial charge in [0.15, 0.2) is 0 Å². The topological polar surface area (TPSA) is 77.9 Å². The van der Waals surface area contributed by atoms with E-state index in [1.807, 2.05) is 19.0 Å². The molecule has 0 aliphatic rings. The number of carbonyl (C=O) groups is 1. The molecule has 6 nitrogen and oxygen atoms in total. The second-order valence-electron chi connectivity index (χ2n) is 4.58. The molecular formula is C12H17BrN2O4S. The quantitative estimate of drug-likeness (QED) is 0.823. The van der Waals surface area contributed by atoms with Gasteiger partial charge < -0.3 is 10.0 Å². The highest BCUT2D eigenvalue weighted by Gasteiger charge is 2.24. The van der Waals surface area contributed by atoms with Gasteiger partial charge in [0.05, 0.1) is 10.5 Å². The zero-order valence-electron chi connectivity index (χ0n) is 11.5. The Morgan fingerprint density at radius 3 is 2.35 bits per heavy atom. The van der Waals surface area contributed by atoms with Crippen LogP contribution in [0.25, 0.3) is 0 Å². The molecule has 0 aliphatic heterocycles. The van der Waals surface area contributed by atoms with E-state index in [4.69, 9.17) is 5.11 Å². The van der Waals surface area contributed by atoms with Crippen LogP contribution in [0, 0.1) is 0 Å². The zero-order valence-corrected chi connectivity index (χ0v) is 13.9. The molecule has 0 unspecified atom stereocenters. The summed E-state index contributed by atoms with van der Waals surface area (Å²) in [7, 11) is 1.44. The lowest BCUT2D eigenvalue weighted by molar-refractivity contribution is 0.0696. The molecule has 0 saturated heterocycles. The first kappa shape index (κ1) is 17.1. The molecule has 1 rings (SSSR count). The summed E-state index contributed by atoms with van der Waals surface area (Å²) < 4.78 is 26.4. The molecular weight excluding hydrogens is 348 g/mol. The lowest BCUT2D eigenvalue weighted by Crippen LogP contribution is -2.33. The van der Waals surface area contributed by atoms with Gasteiger partial charge in [0, 0.05) is 24.6 Å². The molecule has 0 aromatic heterocycles. The van der Waals surface area contributed by atoms with Crippen molar-refractivity contribution in [3.05, 3.63) is 28.2 Å². The molecule has 0 bridgehead atoms. The van der Waals surface area contributed by atoms with Gasteiger partial charge in [0.25, 0.3) is 0 Å². The summed E-state index contributed by atoms with van der Waals surface area (Å²) in [6.07, 6.45) is 0. The Morgan fingerprint density at radius 2 is 1.85 bits per heavy atom. The van der Waals surface area contributed by atoms with E-state index in [0.29, 0.717) is 17.6 Å². The molecule has 0 heterocycles. The van der Waals surface area contributed by atoms with Gasteiger partial charge in [-0.15, -0.1) is 0 Å². The van der Waals surface area contributed by atoms with Crippen LogP contribution in [0.1, 0.15) is 10.4 Å². The first-order chi connectivity index (χ1) is 9.16. The number of nitrogens with zero attached hydrogens (tertiary/aromatic N) is 2. The van der Waals surface area contributed by atoms with E-state index in [9.17, 15) is 13.2 Å². The number of halogens is 1. The third-order valence-corrected chi connectivity index (χ3v) is 5.58. The highest BCUT2D eigenvalue weighted by Crippen LogP contribution is 2.25. The monoisotopic (exact) mass is 364 g/mol. The Morgan fingerprint density at radius 1 is 1.25 bits per heavy atom. The minimum atomic E-state index is -3.72. The van der Waals surface area contributed by atoms with Gasteiger partial charge >= 0.3 is 5.97 Å². The number of carboxylic acids is 1. The predicted octanol–water partition coefficient (Wildman–Crippen LogP) is 1.33. The summed E-state index contributed by atoms with van der Waals surface area (Å²) in [6.45, 7) is 0.894. The predicted molar refractivity (Wildman–Crippen MR) is 79.5 cm³/mol. The van der Waals surface area contributed by atoms with Crippen molar-refractivity contribution < 1.29 is 18.3 Å². The molecule has 1 aromatic carbocycles. The van der Waals surface area contributed by atoms with E-state index < -0.39 is 16.0 Å². The van der Waals surface area contributed by atoms with E-state index in [1.54, 1.807) is 0 Å². The van der Waals surface area contributed by atoms with Crippen molar-refractivity contribution >= 4 is 31.9 Å². The van der Waals surface area contributed by atoms with Crippen LogP contribution in [0.4, 0.5) is 0 Å². The summed E-state index contributed by atoms with van der Waals surface area (Å²) in [5, 5.41) is 8.95. The largest absolute Gasteiger partial charge is 0.478 e. The van der Waals surface area contributed by atoms with Gasteiger partial charge in [-0.2, -0.15) is 4.31 Å². The Bertz CT molecular complexity index is 601. The first-order valence-electron chi connectivity index (χ1n) is 5.80. The summed E-state index contributed by atoms with van der Waals surface area (Å²) in [6, 6.07) is 3.94. The van der Waals surface area contributed by atoms with E-state index in [2.05, 4.69) is 15.9 Å². The van der Waals surface area contributed by atoms with Crippen LogP contribution in [0.3, 0.4) is 0 Å². The molecule has 0 aliphatic carbocycles. The fraction of sp³-hybridized carbons (Fsp3) is 0.417. The third-order valence-electron chi connectivity index (χ3n) is 2.73. The highest BCUT2D eigenvalue weighted by molar-refractivity contribution is 9.10. The van der Waals surface area contributed by atoms with Gasteiger partial charge in [0.2, 0.25) is 10.0 Å².